The summed E-state index contributed by atoms with van der Waals surface area (Å²) in [6.45, 7) is 1.70. The average molecular weight is 268 g/mol. The largest absolute Gasteiger partial charge is 0.388 e. The third-order valence-corrected chi connectivity index (χ3v) is 5.24. The third-order valence-electron chi connectivity index (χ3n) is 3.95. The van der Waals surface area contributed by atoms with Crippen LogP contribution in [0.5, 0.6) is 0 Å². The molecule has 0 aromatic carbocycles. The first-order valence-corrected chi connectivity index (χ1v) is 7.55. The molecule has 0 bridgehead atoms. The van der Waals surface area contributed by atoms with E-state index in [1.54, 1.807) is 11.3 Å². The van der Waals surface area contributed by atoms with Crippen molar-refractivity contribution in [1.82, 2.24) is 4.98 Å². The van der Waals surface area contributed by atoms with Gasteiger partial charge in [0.15, 0.2) is 5.13 Å². The van der Waals surface area contributed by atoms with Crippen LogP contribution in [0.3, 0.4) is 0 Å². The number of aliphatic hydroxyl groups is 1. The van der Waals surface area contributed by atoms with E-state index in [4.69, 9.17) is 9.72 Å². The molecule has 2 aliphatic rings. The summed E-state index contributed by atoms with van der Waals surface area (Å²) in [4.78, 5) is 8.09. The van der Waals surface area contributed by atoms with Crippen molar-refractivity contribution in [2.75, 3.05) is 25.2 Å². The Labute approximate surface area is 112 Å². The number of aromatic nitrogens is 1. The Hall–Kier alpha value is -0.650. The molecule has 1 aromatic heterocycles. The number of ether oxygens (including phenoxy) is 1. The predicted octanol–water partition coefficient (Wildman–Crippen LogP) is 2.13. The molecule has 1 fully saturated rings. The van der Waals surface area contributed by atoms with Crippen molar-refractivity contribution in [1.29, 1.82) is 0 Å². The molecule has 1 unspecified atom stereocenters. The maximum Gasteiger partial charge on any atom is 0.185 e. The van der Waals surface area contributed by atoms with E-state index in [0.29, 0.717) is 6.04 Å². The van der Waals surface area contributed by atoms with Gasteiger partial charge in [0.25, 0.3) is 0 Å². The van der Waals surface area contributed by atoms with Crippen LogP contribution >= 0.6 is 11.3 Å². The first kappa shape index (κ1) is 12.4. The molecule has 0 saturated carbocycles. The number of aryl methyl sites for hydroxylation is 1. The number of nitrogens with zero attached hydrogens (tertiary/aromatic N) is 2. The van der Waals surface area contributed by atoms with Crippen LogP contribution in [0.4, 0.5) is 5.13 Å². The van der Waals surface area contributed by atoms with Gasteiger partial charge < -0.3 is 14.7 Å². The first-order valence-electron chi connectivity index (χ1n) is 6.74. The Bertz CT molecular complexity index is 415. The zero-order chi connectivity index (χ0) is 12.5. The molecule has 1 atom stereocenters. The fraction of sp³-hybridized carbons (Fsp3) is 0.769. The minimum atomic E-state index is -0.289. The molecule has 100 valence electrons. The summed E-state index contributed by atoms with van der Waals surface area (Å²) < 4.78 is 5.40. The third kappa shape index (κ3) is 2.27. The van der Waals surface area contributed by atoms with Gasteiger partial charge in [-0.1, -0.05) is 11.3 Å². The number of anilines is 1. The van der Waals surface area contributed by atoms with E-state index in [-0.39, 0.29) is 6.10 Å². The van der Waals surface area contributed by atoms with E-state index in [1.165, 1.54) is 0 Å². The molecule has 2 heterocycles. The Morgan fingerprint density at radius 2 is 2.11 bits per heavy atom. The summed E-state index contributed by atoms with van der Waals surface area (Å²) in [5.74, 6) is 0. The normalized spacial score (nSPS) is 24.9. The number of fused-ring (bicyclic) bond motifs is 1. The summed E-state index contributed by atoms with van der Waals surface area (Å²) in [5, 5.41) is 11.1. The number of hydrogen-bond donors (Lipinski definition) is 1. The molecule has 0 radical (unpaired) electrons. The standard InChI is InChI=1S/C13H20N2O2S/c1-15(9-5-7-17-8-6-9)13-14-10-3-2-4-11(16)12(10)18-13/h9,11,16H,2-8H2,1H3. The van der Waals surface area contributed by atoms with Gasteiger partial charge >= 0.3 is 0 Å². The number of hydrogen-bond acceptors (Lipinski definition) is 5. The lowest BCUT2D eigenvalue weighted by Crippen LogP contribution is -2.36. The quantitative estimate of drug-likeness (QED) is 0.892. The summed E-state index contributed by atoms with van der Waals surface area (Å²) in [6.07, 6.45) is 4.81. The van der Waals surface area contributed by atoms with Crippen molar-refractivity contribution in [3.63, 3.8) is 0 Å². The minimum absolute atomic E-state index is 0.289. The average Bonchev–Trinajstić information content (AvgIpc) is 2.84. The van der Waals surface area contributed by atoms with Crippen LogP contribution in [0.15, 0.2) is 0 Å². The monoisotopic (exact) mass is 268 g/mol. The van der Waals surface area contributed by atoms with Gasteiger partial charge in [-0.15, -0.1) is 0 Å². The zero-order valence-corrected chi connectivity index (χ0v) is 11.6. The highest BCUT2D eigenvalue weighted by atomic mass is 32.1. The van der Waals surface area contributed by atoms with Crippen LogP contribution < -0.4 is 4.90 Å². The van der Waals surface area contributed by atoms with Gasteiger partial charge in [0.1, 0.15) is 0 Å². The molecular formula is C13H20N2O2S. The smallest absolute Gasteiger partial charge is 0.185 e. The highest BCUT2D eigenvalue weighted by Crippen LogP contribution is 2.38. The fourth-order valence-corrected chi connectivity index (χ4v) is 3.93. The maximum absolute atomic E-state index is 10.00. The molecule has 0 amide bonds. The van der Waals surface area contributed by atoms with E-state index < -0.39 is 0 Å². The molecule has 1 saturated heterocycles. The van der Waals surface area contributed by atoms with Crippen LogP contribution in [-0.4, -0.2) is 36.4 Å². The van der Waals surface area contributed by atoms with Gasteiger partial charge in [-0.2, -0.15) is 0 Å². The zero-order valence-electron chi connectivity index (χ0n) is 10.8. The van der Waals surface area contributed by atoms with Crippen LogP contribution in [0.1, 0.15) is 42.4 Å². The lowest BCUT2D eigenvalue weighted by molar-refractivity contribution is 0.0855. The van der Waals surface area contributed by atoms with Gasteiger partial charge in [0.2, 0.25) is 0 Å². The van der Waals surface area contributed by atoms with Crippen LogP contribution in [-0.2, 0) is 11.2 Å². The molecule has 5 heteroatoms. The first-order chi connectivity index (χ1) is 8.75. The molecule has 0 spiro atoms. The number of thiazole rings is 1. The number of aliphatic hydroxyl groups excluding tert-OH is 1. The Balaban J connectivity index is 1.79. The Kier molecular flexibility index (Phi) is 3.54. The Morgan fingerprint density at radius 3 is 2.83 bits per heavy atom. The van der Waals surface area contributed by atoms with Crippen molar-refractivity contribution < 1.29 is 9.84 Å². The maximum atomic E-state index is 10.00. The second kappa shape index (κ2) is 5.15. The van der Waals surface area contributed by atoms with Gasteiger partial charge in [-0.3, -0.25) is 0 Å². The van der Waals surface area contributed by atoms with E-state index in [1.807, 2.05) is 0 Å². The minimum Gasteiger partial charge on any atom is -0.388 e. The highest BCUT2D eigenvalue weighted by Gasteiger charge is 2.26. The summed E-state index contributed by atoms with van der Waals surface area (Å²) in [7, 11) is 2.12. The second-order valence-electron chi connectivity index (χ2n) is 5.17. The van der Waals surface area contributed by atoms with Crippen molar-refractivity contribution in [3.05, 3.63) is 10.6 Å². The lowest BCUT2D eigenvalue weighted by Gasteiger charge is -2.30. The molecule has 18 heavy (non-hydrogen) atoms. The van der Waals surface area contributed by atoms with Gasteiger partial charge in [-0.05, 0) is 32.1 Å². The molecular weight excluding hydrogens is 248 g/mol. The van der Waals surface area contributed by atoms with Crippen molar-refractivity contribution in [2.45, 2.75) is 44.2 Å². The molecule has 1 aromatic rings. The SMILES string of the molecule is CN(c1nc2c(s1)C(O)CCC2)C1CCOCC1. The predicted molar refractivity (Wildman–Crippen MR) is 72.3 cm³/mol. The van der Waals surface area contributed by atoms with Gasteiger partial charge in [-0.25, -0.2) is 4.98 Å². The molecule has 1 aliphatic heterocycles. The second-order valence-corrected chi connectivity index (χ2v) is 6.18. The van der Waals surface area contributed by atoms with Gasteiger partial charge in [0, 0.05) is 26.3 Å². The van der Waals surface area contributed by atoms with Crippen molar-refractivity contribution in [2.24, 2.45) is 0 Å². The lowest BCUT2D eigenvalue weighted by atomic mass is 10.0. The van der Waals surface area contributed by atoms with Crippen LogP contribution in [0.2, 0.25) is 0 Å². The highest BCUT2D eigenvalue weighted by molar-refractivity contribution is 7.15. The summed E-state index contributed by atoms with van der Waals surface area (Å²) in [5.41, 5.74) is 1.12. The van der Waals surface area contributed by atoms with E-state index in [0.717, 1.165) is 61.0 Å². The summed E-state index contributed by atoms with van der Waals surface area (Å²) in [6, 6.07) is 0.531. The molecule has 3 rings (SSSR count). The Morgan fingerprint density at radius 1 is 1.33 bits per heavy atom. The fourth-order valence-electron chi connectivity index (χ4n) is 2.76. The molecule has 1 aliphatic carbocycles. The number of rotatable bonds is 2. The summed E-state index contributed by atoms with van der Waals surface area (Å²) >= 11 is 1.67. The molecule has 4 nitrogen and oxygen atoms in total. The van der Waals surface area contributed by atoms with Crippen LogP contribution in [0.25, 0.3) is 0 Å². The van der Waals surface area contributed by atoms with Crippen molar-refractivity contribution in [3.8, 4) is 0 Å². The van der Waals surface area contributed by atoms with E-state index in [9.17, 15) is 5.11 Å². The van der Waals surface area contributed by atoms with Crippen LogP contribution in [0, 0.1) is 0 Å². The van der Waals surface area contributed by atoms with Gasteiger partial charge in [0.05, 0.1) is 16.7 Å². The van der Waals surface area contributed by atoms with Crippen molar-refractivity contribution >= 4 is 16.5 Å². The van der Waals surface area contributed by atoms with E-state index in [2.05, 4.69) is 11.9 Å². The molecule has 1 N–H and O–H groups in total. The topological polar surface area (TPSA) is 45.6 Å². The van der Waals surface area contributed by atoms with E-state index >= 15 is 0 Å².